The van der Waals surface area contributed by atoms with Crippen LogP contribution in [-0.2, 0) is 12.7 Å². The summed E-state index contributed by atoms with van der Waals surface area (Å²) < 4.78 is 39.8. The molecule has 3 nitrogen and oxygen atoms in total. The van der Waals surface area contributed by atoms with E-state index in [4.69, 9.17) is 0 Å². The average Bonchev–Trinajstić information content (AvgIpc) is 2.93. The zero-order valence-electron chi connectivity index (χ0n) is 14.0. The third-order valence-corrected chi connectivity index (χ3v) is 4.05. The number of halogens is 3. The maximum absolute atomic E-state index is 12.7. The fraction of sp³-hybridized carbons (Fsp3) is 0.316. The fourth-order valence-electron chi connectivity index (χ4n) is 2.60. The Morgan fingerprint density at radius 2 is 1.64 bits per heavy atom. The van der Waals surface area contributed by atoms with Crippen LogP contribution in [0.3, 0.4) is 0 Å². The molecule has 2 aromatic carbocycles. The summed E-state index contributed by atoms with van der Waals surface area (Å²) >= 11 is 0. The molecule has 6 heteroatoms. The van der Waals surface area contributed by atoms with E-state index in [2.05, 4.69) is 5.10 Å². The van der Waals surface area contributed by atoms with Gasteiger partial charge in [0.25, 0.3) is 0 Å². The lowest BCUT2D eigenvalue weighted by atomic mass is 10.0. The van der Waals surface area contributed by atoms with E-state index in [1.165, 1.54) is 12.1 Å². The van der Waals surface area contributed by atoms with Crippen LogP contribution in [-0.4, -0.2) is 20.5 Å². The predicted octanol–water partition coefficient (Wildman–Crippen LogP) is 4.88. The van der Waals surface area contributed by atoms with Gasteiger partial charge in [0, 0.05) is 18.1 Å². The summed E-state index contributed by atoms with van der Waals surface area (Å²) in [5.74, 6) is 0. The number of hydrogen-bond donors (Lipinski definition) is 1. The van der Waals surface area contributed by atoms with Crippen LogP contribution < -0.4 is 0 Å². The number of rotatable bonds is 4. The first kappa shape index (κ1) is 17.5. The summed E-state index contributed by atoms with van der Waals surface area (Å²) in [4.78, 5) is 0. The first-order chi connectivity index (χ1) is 11.6. The van der Waals surface area contributed by atoms with Gasteiger partial charge < -0.3 is 5.11 Å². The number of fused-ring (bicyclic) bond motifs is 1. The molecular weight excluding hydrogens is 329 g/mol. The Morgan fingerprint density at radius 3 is 2.24 bits per heavy atom. The Balaban J connectivity index is 1.86. The van der Waals surface area contributed by atoms with Crippen LogP contribution in [0.1, 0.15) is 25.8 Å². The van der Waals surface area contributed by atoms with Gasteiger partial charge in [-0.1, -0.05) is 24.3 Å². The third-order valence-electron chi connectivity index (χ3n) is 4.05. The van der Waals surface area contributed by atoms with Crippen LogP contribution in [0.2, 0.25) is 0 Å². The number of aliphatic hydroxyl groups is 1. The van der Waals surface area contributed by atoms with Crippen molar-refractivity contribution in [1.29, 1.82) is 0 Å². The molecule has 0 aliphatic heterocycles. The van der Waals surface area contributed by atoms with Gasteiger partial charge in [0.05, 0.1) is 16.7 Å². The highest BCUT2D eigenvalue weighted by Crippen LogP contribution is 2.31. The smallest absolute Gasteiger partial charge is 0.390 e. The molecule has 0 radical (unpaired) electrons. The van der Waals surface area contributed by atoms with E-state index in [-0.39, 0.29) is 0 Å². The minimum atomic E-state index is -4.33. The summed E-state index contributed by atoms with van der Waals surface area (Å²) in [7, 11) is 0. The van der Waals surface area contributed by atoms with Crippen LogP contribution in [0.4, 0.5) is 13.2 Å². The van der Waals surface area contributed by atoms with Gasteiger partial charge >= 0.3 is 6.18 Å². The van der Waals surface area contributed by atoms with Gasteiger partial charge in [-0.25, -0.2) is 0 Å². The molecule has 0 spiro atoms. The number of aromatic nitrogens is 2. The minimum Gasteiger partial charge on any atom is -0.390 e. The molecule has 0 amide bonds. The molecule has 1 aromatic heterocycles. The predicted molar refractivity (Wildman–Crippen MR) is 91.1 cm³/mol. The van der Waals surface area contributed by atoms with Crippen molar-refractivity contribution in [3.8, 4) is 11.1 Å². The summed E-state index contributed by atoms with van der Waals surface area (Å²) in [5, 5.41) is 15.2. The highest BCUT2D eigenvalue weighted by atomic mass is 19.4. The molecule has 1 heterocycles. The largest absolute Gasteiger partial charge is 0.416 e. The van der Waals surface area contributed by atoms with Gasteiger partial charge in [0.1, 0.15) is 0 Å². The molecule has 0 unspecified atom stereocenters. The van der Waals surface area contributed by atoms with Crippen LogP contribution >= 0.6 is 0 Å². The van der Waals surface area contributed by atoms with Gasteiger partial charge in [-0.3, -0.25) is 4.68 Å². The second kappa shape index (κ2) is 6.19. The van der Waals surface area contributed by atoms with Crippen molar-refractivity contribution in [3.05, 3.63) is 54.2 Å². The Kier molecular flexibility index (Phi) is 4.33. The number of benzene rings is 2. The Morgan fingerprint density at radius 1 is 1.00 bits per heavy atom. The molecule has 0 aliphatic rings. The summed E-state index contributed by atoms with van der Waals surface area (Å²) in [5.41, 5.74) is 0.875. The third kappa shape index (κ3) is 4.20. The van der Waals surface area contributed by atoms with Crippen LogP contribution in [0, 0.1) is 0 Å². The number of hydrogen-bond acceptors (Lipinski definition) is 2. The lowest BCUT2D eigenvalue weighted by Crippen LogP contribution is -2.21. The molecular formula is C19H19F3N2O. The molecule has 0 saturated carbocycles. The standard InChI is InChI=1S/C19H19F3N2O/c1-18(2,25)9-10-24-12-15-4-3-14(11-17(15)23-24)13-5-7-16(8-6-13)19(20,21)22/h3-8,11-12,25H,9-10H2,1-2H3. The van der Waals surface area contributed by atoms with Gasteiger partial charge in [-0.2, -0.15) is 18.3 Å². The fourth-order valence-corrected chi connectivity index (χ4v) is 2.60. The quantitative estimate of drug-likeness (QED) is 0.729. The number of aryl methyl sites for hydroxylation is 1. The van der Waals surface area contributed by atoms with E-state index in [0.29, 0.717) is 18.5 Å². The molecule has 0 atom stereocenters. The molecule has 3 rings (SSSR count). The molecule has 132 valence electrons. The van der Waals surface area contributed by atoms with Crippen molar-refractivity contribution in [2.75, 3.05) is 0 Å². The van der Waals surface area contributed by atoms with Crippen molar-refractivity contribution in [1.82, 2.24) is 9.78 Å². The summed E-state index contributed by atoms with van der Waals surface area (Å²) in [6, 6.07) is 10.7. The molecule has 1 N–H and O–H groups in total. The first-order valence-corrected chi connectivity index (χ1v) is 7.99. The molecule has 0 fully saturated rings. The van der Waals surface area contributed by atoms with Crippen LogP contribution in [0.25, 0.3) is 22.0 Å². The monoisotopic (exact) mass is 348 g/mol. The Hall–Kier alpha value is -2.34. The van der Waals surface area contributed by atoms with E-state index in [9.17, 15) is 18.3 Å². The molecule has 0 bridgehead atoms. The van der Waals surface area contributed by atoms with Crippen molar-refractivity contribution < 1.29 is 18.3 Å². The topological polar surface area (TPSA) is 38.0 Å². The molecule has 25 heavy (non-hydrogen) atoms. The normalized spacial score (nSPS) is 12.7. The van der Waals surface area contributed by atoms with Gasteiger partial charge in [0.15, 0.2) is 0 Å². The lowest BCUT2D eigenvalue weighted by molar-refractivity contribution is -0.137. The highest BCUT2D eigenvalue weighted by molar-refractivity contribution is 5.83. The van der Waals surface area contributed by atoms with E-state index in [0.717, 1.165) is 28.6 Å². The lowest BCUT2D eigenvalue weighted by Gasteiger charge is -2.16. The Bertz CT molecular complexity index is 874. The number of nitrogens with zero attached hydrogens (tertiary/aromatic N) is 2. The minimum absolute atomic E-state index is 0.576. The van der Waals surface area contributed by atoms with Crippen molar-refractivity contribution in [2.24, 2.45) is 0 Å². The SMILES string of the molecule is CC(C)(O)CCn1cc2ccc(-c3ccc(C(F)(F)F)cc3)cc2n1. The average molecular weight is 348 g/mol. The summed E-state index contributed by atoms with van der Waals surface area (Å²) in [6.45, 7) is 4.09. The second-order valence-corrected chi connectivity index (χ2v) is 6.80. The van der Waals surface area contributed by atoms with Crippen molar-refractivity contribution in [3.63, 3.8) is 0 Å². The summed E-state index contributed by atoms with van der Waals surface area (Å²) in [6.07, 6.45) is -1.86. The van der Waals surface area contributed by atoms with Gasteiger partial charge in [0.2, 0.25) is 0 Å². The maximum Gasteiger partial charge on any atom is 0.416 e. The van der Waals surface area contributed by atoms with Crippen LogP contribution in [0.15, 0.2) is 48.7 Å². The zero-order valence-corrected chi connectivity index (χ0v) is 14.0. The van der Waals surface area contributed by atoms with E-state index < -0.39 is 17.3 Å². The van der Waals surface area contributed by atoms with Crippen molar-refractivity contribution in [2.45, 2.75) is 38.6 Å². The number of alkyl halides is 3. The highest BCUT2D eigenvalue weighted by Gasteiger charge is 2.29. The molecule has 0 saturated heterocycles. The van der Waals surface area contributed by atoms with E-state index >= 15 is 0 Å². The zero-order chi connectivity index (χ0) is 18.2. The van der Waals surface area contributed by atoms with Crippen molar-refractivity contribution >= 4 is 10.9 Å². The van der Waals surface area contributed by atoms with E-state index in [1.807, 2.05) is 24.4 Å². The molecule has 0 aliphatic carbocycles. The van der Waals surface area contributed by atoms with Crippen LogP contribution in [0.5, 0.6) is 0 Å². The Labute approximate surface area is 143 Å². The first-order valence-electron chi connectivity index (χ1n) is 7.99. The van der Waals surface area contributed by atoms with Gasteiger partial charge in [-0.05, 0) is 49.6 Å². The van der Waals surface area contributed by atoms with Gasteiger partial charge in [-0.15, -0.1) is 0 Å². The van der Waals surface area contributed by atoms with E-state index in [1.54, 1.807) is 18.5 Å². The molecule has 3 aromatic rings. The maximum atomic E-state index is 12.7. The second-order valence-electron chi connectivity index (χ2n) is 6.80.